The number of carbonyl (C=O) groups excluding carboxylic acids is 1. The van der Waals surface area contributed by atoms with Crippen LogP contribution in [0, 0.1) is 20.8 Å². The summed E-state index contributed by atoms with van der Waals surface area (Å²) in [5.41, 5.74) is 7.12. The van der Waals surface area contributed by atoms with E-state index in [0.717, 1.165) is 41.4 Å². The van der Waals surface area contributed by atoms with Gasteiger partial charge in [-0.1, -0.05) is 35.9 Å². The average Bonchev–Trinajstić information content (AvgIpc) is 3.06. The fourth-order valence-corrected chi connectivity index (χ4v) is 5.26. The molecule has 1 N–H and O–H groups in total. The molecule has 1 amide bonds. The monoisotopic (exact) mass is 414 g/mol. The molecule has 0 radical (unpaired) electrons. The first kappa shape index (κ1) is 21.4. The van der Waals surface area contributed by atoms with Crippen molar-refractivity contribution in [1.82, 2.24) is 5.32 Å². The van der Waals surface area contributed by atoms with Crippen LogP contribution >= 0.6 is 0 Å². The number of rotatable bonds is 6. The van der Waals surface area contributed by atoms with Gasteiger partial charge in [0.15, 0.2) is 0 Å². The smallest absolute Gasteiger partial charge is 0.241 e. The predicted octanol–water partition coefficient (Wildman–Crippen LogP) is 3.74. The lowest BCUT2D eigenvalue weighted by Gasteiger charge is -2.26. The van der Waals surface area contributed by atoms with Gasteiger partial charge in [-0.3, -0.25) is 9.10 Å². The molecule has 29 heavy (non-hydrogen) atoms. The molecule has 0 spiro atoms. The molecule has 5 nitrogen and oxygen atoms in total. The molecular formula is C23H30N2O3S. The van der Waals surface area contributed by atoms with E-state index < -0.39 is 10.0 Å². The van der Waals surface area contributed by atoms with Crippen LogP contribution in [-0.2, 0) is 27.7 Å². The maximum Gasteiger partial charge on any atom is 0.241 e. The first-order valence-electron chi connectivity index (χ1n) is 10.0. The Kier molecular flexibility index (Phi) is 6.03. The summed E-state index contributed by atoms with van der Waals surface area (Å²) in [5, 5.41) is 2.96. The molecule has 0 saturated heterocycles. The molecule has 1 atom stereocenters. The van der Waals surface area contributed by atoms with Gasteiger partial charge < -0.3 is 5.32 Å². The van der Waals surface area contributed by atoms with Crippen LogP contribution < -0.4 is 9.62 Å². The third-order valence-electron chi connectivity index (χ3n) is 5.57. The molecule has 0 bridgehead atoms. The zero-order chi connectivity index (χ0) is 21.3. The topological polar surface area (TPSA) is 66.5 Å². The number of amides is 1. The summed E-state index contributed by atoms with van der Waals surface area (Å²) in [5.74, 6) is -0.317. The second-order valence-electron chi connectivity index (χ2n) is 8.19. The molecular weight excluding hydrogens is 384 g/mol. The number of hydrogen-bond donors (Lipinski definition) is 1. The zero-order valence-electron chi connectivity index (χ0n) is 17.9. The zero-order valence-corrected chi connectivity index (χ0v) is 18.7. The highest BCUT2D eigenvalue weighted by Crippen LogP contribution is 2.29. The van der Waals surface area contributed by atoms with E-state index in [0.29, 0.717) is 5.69 Å². The van der Waals surface area contributed by atoms with E-state index in [-0.39, 0.29) is 18.5 Å². The maximum absolute atomic E-state index is 12.8. The second-order valence-corrected chi connectivity index (χ2v) is 10.1. The number of carbonyl (C=O) groups is 1. The Bertz CT molecular complexity index is 1020. The van der Waals surface area contributed by atoms with Crippen molar-refractivity contribution in [3.8, 4) is 0 Å². The second kappa shape index (κ2) is 8.19. The third kappa shape index (κ3) is 4.81. The molecule has 1 aliphatic rings. The summed E-state index contributed by atoms with van der Waals surface area (Å²) in [6.45, 7) is 7.41. The minimum atomic E-state index is -3.61. The van der Waals surface area contributed by atoms with Gasteiger partial charge in [0.1, 0.15) is 6.54 Å². The molecule has 2 aromatic rings. The molecule has 0 heterocycles. The normalized spacial score (nSPS) is 14.4. The minimum absolute atomic E-state index is 0.185. The molecule has 0 aromatic heterocycles. The highest BCUT2D eigenvalue weighted by molar-refractivity contribution is 7.92. The number of benzene rings is 2. The van der Waals surface area contributed by atoms with Crippen molar-refractivity contribution in [2.75, 3.05) is 17.1 Å². The van der Waals surface area contributed by atoms with Crippen LogP contribution in [-0.4, -0.2) is 27.1 Å². The van der Waals surface area contributed by atoms with Crippen LogP contribution in [0.5, 0.6) is 0 Å². The van der Waals surface area contributed by atoms with Crippen LogP contribution in [0.3, 0.4) is 0 Å². The van der Waals surface area contributed by atoms with Crippen molar-refractivity contribution in [2.24, 2.45) is 0 Å². The van der Waals surface area contributed by atoms with Crippen molar-refractivity contribution < 1.29 is 13.2 Å². The van der Waals surface area contributed by atoms with Gasteiger partial charge >= 0.3 is 0 Å². The summed E-state index contributed by atoms with van der Waals surface area (Å²) >= 11 is 0. The summed E-state index contributed by atoms with van der Waals surface area (Å²) in [6.07, 6.45) is 4.52. The quantitative estimate of drug-likeness (QED) is 0.783. The molecule has 0 aliphatic heterocycles. The molecule has 1 aliphatic carbocycles. The molecule has 0 unspecified atom stereocenters. The number of aryl methyl sites for hydroxylation is 5. The Morgan fingerprint density at radius 1 is 1.07 bits per heavy atom. The number of nitrogens with one attached hydrogen (secondary N) is 1. The van der Waals surface area contributed by atoms with Gasteiger partial charge in [0.25, 0.3) is 0 Å². The summed E-state index contributed by atoms with van der Waals surface area (Å²) < 4.78 is 26.2. The lowest BCUT2D eigenvalue weighted by molar-refractivity contribution is -0.120. The van der Waals surface area contributed by atoms with E-state index in [4.69, 9.17) is 0 Å². The minimum Gasteiger partial charge on any atom is -0.348 e. The van der Waals surface area contributed by atoms with Gasteiger partial charge in [-0.25, -0.2) is 8.42 Å². The fourth-order valence-electron chi connectivity index (χ4n) is 4.29. The van der Waals surface area contributed by atoms with E-state index in [1.54, 1.807) is 0 Å². The van der Waals surface area contributed by atoms with Crippen molar-refractivity contribution in [1.29, 1.82) is 0 Å². The highest BCUT2D eigenvalue weighted by atomic mass is 32.2. The first-order chi connectivity index (χ1) is 13.6. The Morgan fingerprint density at radius 3 is 2.31 bits per heavy atom. The van der Waals surface area contributed by atoms with E-state index in [1.165, 1.54) is 21.9 Å². The molecule has 156 valence electrons. The van der Waals surface area contributed by atoms with E-state index in [9.17, 15) is 13.2 Å². The van der Waals surface area contributed by atoms with Gasteiger partial charge in [-0.15, -0.1) is 0 Å². The van der Waals surface area contributed by atoms with Gasteiger partial charge in [0.05, 0.1) is 18.0 Å². The third-order valence-corrected chi connectivity index (χ3v) is 6.68. The van der Waals surface area contributed by atoms with Crippen LogP contribution in [0.2, 0.25) is 0 Å². The van der Waals surface area contributed by atoms with Crippen LogP contribution in [0.1, 0.15) is 52.8 Å². The van der Waals surface area contributed by atoms with Crippen molar-refractivity contribution in [3.63, 3.8) is 0 Å². The van der Waals surface area contributed by atoms with Crippen LogP contribution in [0.4, 0.5) is 5.69 Å². The standard InChI is InChI=1S/C23H30N2O3S/c1-15-11-16(2)23(17(3)12-15)25(29(5,27)28)14-22(26)24-18(4)20-10-9-19-7-6-8-21(19)13-20/h9-13,18H,6-8,14H2,1-5H3,(H,24,26)/t18-/m0/s1. The Labute approximate surface area is 174 Å². The maximum atomic E-state index is 12.8. The van der Waals surface area contributed by atoms with E-state index >= 15 is 0 Å². The number of anilines is 1. The largest absolute Gasteiger partial charge is 0.348 e. The van der Waals surface area contributed by atoms with Crippen molar-refractivity contribution in [2.45, 2.75) is 53.0 Å². The molecule has 3 rings (SSSR count). The SMILES string of the molecule is Cc1cc(C)c(N(CC(=O)N[C@@H](C)c2ccc3c(c2)CCC3)S(C)(=O)=O)c(C)c1. The van der Waals surface area contributed by atoms with Crippen molar-refractivity contribution in [3.05, 3.63) is 63.7 Å². The number of nitrogens with zero attached hydrogens (tertiary/aromatic N) is 1. The van der Waals surface area contributed by atoms with Gasteiger partial charge in [-0.2, -0.15) is 0 Å². The Balaban J connectivity index is 1.79. The Hall–Kier alpha value is -2.34. The number of hydrogen-bond acceptors (Lipinski definition) is 3. The number of sulfonamides is 1. The van der Waals surface area contributed by atoms with E-state index in [1.807, 2.05) is 39.8 Å². The van der Waals surface area contributed by atoms with Crippen LogP contribution in [0.25, 0.3) is 0 Å². The highest BCUT2D eigenvalue weighted by Gasteiger charge is 2.25. The van der Waals surface area contributed by atoms with Crippen molar-refractivity contribution >= 4 is 21.6 Å². The summed E-state index contributed by atoms with van der Waals surface area (Å²) in [6, 6.07) is 10.0. The van der Waals surface area contributed by atoms with E-state index in [2.05, 4.69) is 23.5 Å². The lowest BCUT2D eigenvalue weighted by Crippen LogP contribution is -2.41. The van der Waals surface area contributed by atoms with Gasteiger partial charge in [0, 0.05) is 0 Å². The van der Waals surface area contributed by atoms with Crippen LogP contribution in [0.15, 0.2) is 30.3 Å². The Morgan fingerprint density at radius 2 is 1.69 bits per heavy atom. The summed E-state index contributed by atoms with van der Waals surface area (Å²) in [4.78, 5) is 12.8. The van der Waals surface area contributed by atoms with Gasteiger partial charge in [-0.05, 0) is 74.8 Å². The van der Waals surface area contributed by atoms with Gasteiger partial charge in [0.2, 0.25) is 15.9 Å². The molecule has 6 heteroatoms. The lowest BCUT2D eigenvalue weighted by atomic mass is 10.0. The number of fused-ring (bicyclic) bond motifs is 1. The fraction of sp³-hybridized carbons (Fsp3) is 0.435. The average molecular weight is 415 g/mol. The summed E-state index contributed by atoms with van der Waals surface area (Å²) in [7, 11) is -3.61. The molecule has 2 aromatic carbocycles. The predicted molar refractivity (Wildman–Crippen MR) is 118 cm³/mol. The molecule has 0 saturated carbocycles. The first-order valence-corrected chi connectivity index (χ1v) is 11.9. The molecule has 0 fully saturated rings.